The number of carbonyl (C=O) groups is 2. The number of hydrogen-bond donors (Lipinski definition) is 2. The highest BCUT2D eigenvalue weighted by molar-refractivity contribution is 5.70. The third-order valence-electron chi connectivity index (χ3n) is 10.5. The van der Waals surface area contributed by atoms with Gasteiger partial charge in [0.15, 0.2) is 11.5 Å². The monoisotopic (exact) mass is 930 g/mol. The molecular formula is C52H52F6N2O7. The molecule has 2 N–H and O–H groups in total. The molecule has 0 aliphatic carbocycles. The van der Waals surface area contributed by atoms with Gasteiger partial charge in [0, 0.05) is 17.5 Å². The quantitative estimate of drug-likeness (QED) is 0.0719. The van der Waals surface area contributed by atoms with Gasteiger partial charge in [0.1, 0.15) is 18.0 Å². The first-order chi connectivity index (χ1) is 32.0. The lowest BCUT2D eigenvalue weighted by atomic mass is 10.1. The summed E-state index contributed by atoms with van der Waals surface area (Å²) in [4.78, 5) is 31.1. The minimum Gasteiger partial charge on any atom is -0.493 e. The van der Waals surface area contributed by atoms with Gasteiger partial charge in [-0.05, 0) is 116 Å². The van der Waals surface area contributed by atoms with Crippen LogP contribution in [0.5, 0.6) is 17.2 Å². The second-order valence-corrected chi connectivity index (χ2v) is 15.6. The first-order valence-corrected chi connectivity index (χ1v) is 21.8. The molecule has 2 aromatic heterocycles. The van der Waals surface area contributed by atoms with Crippen molar-refractivity contribution in [3.05, 3.63) is 161 Å². The van der Waals surface area contributed by atoms with Crippen molar-refractivity contribution in [2.45, 2.75) is 96.2 Å². The number of nitrogens with zero attached hydrogens (tertiary/aromatic N) is 2. The number of rotatable bonds is 20. The van der Waals surface area contributed by atoms with Crippen molar-refractivity contribution in [3.63, 3.8) is 0 Å². The highest BCUT2D eigenvalue weighted by Crippen LogP contribution is 2.36. The van der Waals surface area contributed by atoms with E-state index in [-0.39, 0.29) is 18.9 Å². The molecule has 67 heavy (non-hydrogen) atoms. The molecule has 0 bridgehead atoms. The summed E-state index contributed by atoms with van der Waals surface area (Å²) >= 11 is 0. The lowest BCUT2D eigenvalue weighted by Gasteiger charge is -2.21. The number of carboxylic acid groups (broad SMARTS) is 2. The number of aromatic nitrogens is 2. The van der Waals surface area contributed by atoms with Crippen LogP contribution < -0.4 is 14.2 Å². The maximum Gasteiger partial charge on any atom is 0.416 e. The number of ether oxygens (including phenoxy) is 3. The van der Waals surface area contributed by atoms with Gasteiger partial charge in [0.2, 0.25) is 0 Å². The van der Waals surface area contributed by atoms with Gasteiger partial charge in [-0.15, -0.1) is 0 Å². The number of unbranched alkanes of at least 4 members (excludes halogenated alkanes) is 2. The highest BCUT2D eigenvalue weighted by atomic mass is 19.4. The second-order valence-electron chi connectivity index (χ2n) is 15.6. The first-order valence-electron chi connectivity index (χ1n) is 21.8. The zero-order chi connectivity index (χ0) is 48.6. The Kier molecular flexibility index (Phi) is 18.3. The number of aryl methyl sites for hydroxylation is 1. The first kappa shape index (κ1) is 51.1. The van der Waals surface area contributed by atoms with Gasteiger partial charge < -0.3 is 24.4 Å². The van der Waals surface area contributed by atoms with Crippen molar-refractivity contribution in [2.24, 2.45) is 0 Å². The van der Waals surface area contributed by atoms with E-state index < -0.39 is 41.5 Å². The summed E-state index contributed by atoms with van der Waals surface area (Å²) in [6, 6.07) is 33.0. The van der Waals surface area contributed by atoms with E-state index in [2.05, 4.69) is 23.8 Å². The lowest BCUT2D eigenvalue weighted by Crippen LogP contribution is -2.11. The molecule has 0 saturated carbocycles. The number of benzene rings is 4. The Labute approximate surface area is 385 Å². The molecule has 0 spiro atoms. The number of hydrogen-bond acceptors (Lipinski definition) is 7. The van der Waals surface area contributed by atoms with E-state index in [1.165, 1.54) is 31.4 Å². The molecule has 15 heteroatoms. The number of methoxy groups -OCH3 is 1. The fraction of sp³-hybridized carbons (Fsp3) is 0.308. The molecule has 0 unspecified atom stereocenters. The number of pyridine rings is 2. The van der Waals surface area contributed by atoms with Crippen LogP contribution in [0.2, 0.25) is 0 Å². The predicted molar refractivity (Wildman–Crippen MR) is 242 cm³/mol. The van der Waals surface area contributed by atoms with E-state index in [1.807, 2.05) is 42.5 Å². The van der Waals surface area contributed by atoms with Crippen LogP contribution >= 0.6 is 0 Å². The Morgan fingerprint density at radius 2 is 1.06 bits per heavy atom. The van der Waals surface area contributed by atoms with Gasteiger partial charge in [0.25, 0.3) is 0 Å². The van der Waals surface area contributed by atoms with Crippen LogP contribution in [0.3, 0.4) is 0 Å². The molecule has 0 aliphatic heterocycles. The number of carboxylic acids is 2. The molecule has 0 fully saturated rings. The van der Waals surface area contributed by atoms with E-state index >= 15 is 0 Å². The Hall–Kier alpha value is -6.90. The summed E-state index contributed by atoms with van der Waals surface area (Å²) in [5, 5.41) is 17.9. The van der Waals surface area contributed by atoms with E-state index in [4.69, 9.17) is 24.4 Å². The molecule has 6 rings (SSSR count). The highest BCUT2D eigenvalue weighted by Gasteiger charge is 2.31. The smallest absolute Gasteiger partial charge is 0.416 e. The fourth-order valence-corrected chi connectivity index (χ4v) is 6.95. The van der Waals surface area contributed by atoms with Gasteiger partial charge in [-0.1, -0.05) is 81.3 Å². The topological polar surface area (TPSA) is 128 Å². The maximum atomic E-state index is 12.9. The molecule has 0 saturated heterocycles. The molecule has 0 aliphatic rings. The van der Waals surface area contributed by atoms with E-state index in [0.717, 1.165) is 61.9 Å². The van der Waals surface area contributed by atoms with E-state index in [1.54, 1.807) is 36.4 Å². The molecule has 0 radical (unpaired) electrons. The third-order valence-corrected chi connectivity index (χ3v) is 10.5. The Bertz CT molecular complexity index is 2510. The van der Waals surface area contributed by atoms with Crippen molar-refractivity contribution >= 4 is 11.9 Å². The summed E-state index contributed by atoms with van der Waals surface area (Å²) in [7, 11) is 1.48. The summed E-state index contributed by atoms with van der Waals surface area (Å²) in [5.41, 5.74) is 3.73. The van der Waals surface area contributed by atoms with Crippen LogP contribution in [0.1, 0.15) is 105 Å². The van der Waals surface area contributed by atoms with Crippen LogP contribution in [0.25, 0.3) is 22.5 Å². The average Bonchev–Trinajstić information content (AvgIpc) is 3.31. The van der Waals surface area contributed by atoms with Gasteiger partial charge in [0.05, 0.1) is 47.4 Å². The van der Waals surface area contributed by atoms with Crippen molar-refractivity contribution in [2.75, 3.05) is 7.11 Å². The van der Waals surface area contributed by atoms with E-state index in [0.29, 0.717) is 69.6 Å². The summed E-state index contributed by atoms with van der Waals surface area (Å²) in [5.74, 6) is -0.259. The standard InChI is InChI=1S/C26H26F3NO4.C26H26F3NO3/c1-3-4-8-22(34-23-14-9-17(16-25(31)32)15-24(23)33-2)21-7-5-6-20(30-21)18-10-12-19(13-11-18)26(27,28)29;1-2-3-7-24(33-21-15-8-18(9-16-21)10-17-25(31)32)23-6-4-5-22(30-23)19-11-13-20(14-12-19)26(27,28)29/h5-7,9-15,22H,3-4,8,16H2,1-2H3,(H,31,32);4-6,8-9,11-16,24H,2-3,7,10,17H2,1H3,(H,31,32)/t22-;24-/m10/s1. The fourth-order valence-electron chi connectivity index (χ4n) is 6.95. The molecular weight excluding hydrogens is 879 g/mol. The minimum atomic E-state index is -4.40. The summed E-state index contributed by atoms with van der Waals surface area (Å²) in [6.45, 7) is 4.14. The normalized spacial score (nSPS) is 12.3. The number of halogens is 6. The molecule has 2 atom stereocenters. The number of alkyl halides is 6. The lowest BCUT2D eigenvalue weighted by molar-refractivity contribution is -0.138. The second kappa shape index (κ2) is 24.0. The maximum absolute atomic E-state index is 12.9. The molecule has 4 aromatic carbocycles. The molecule has 354 valence electrons. The van der Waals surface area contributed by atoms with Gasteiger partial charge in [-0.25, -0.2) is 9.97 Å². The zero-order valence-electron chi connectivity index (χ0n) is 37.2. The SMILES string of the molecule is CCCC[C@@H](Oc1ccc(CC(=O)O)cc1OC)c1cccc(-c2ccc(C(F)(F)F)cc2)n1.CCCC[C@H](Oc1ccc(CCC(=O)O)cc1)c1cccc(-c2ccc(C(F)(F)F)cc2)n1. The Morgan fingerprint density at radius 1 is 0.582 bits per heavy atom. The Morgan fingerprint density at radius 3 is 1.49 bits per heavy atom. The van der Waals surface area contributed by atoms with Gasteiger partial charge in [-0.2, -0.15) is 26.3 Å². The molecule has 2 heterocycles. The molecule has 0 amide bonds. The van der Waals surface area contributed by atoms with Crippen LogP contribution in [-0.2, 0) is 34.8 Å². The van der Waals surface area contributed by atoms with Crippen LogP contribution in [-0.4, -0.2) is 39.2 Å². The molecule has 6 aromatic rings. The van der Waals surface area contributed by atoms with E-state index in [9.17, 15) is 35.9 Å². The summed E-state index contributed by atoms with van der Waals surface area (Å²) < 4.78 is 95.1. The molecule has 9 nitrogen and oxygen atoms in total. The van der Waals surface area contributed by atoms with Crippen molar-refractivity contribution in [3.8, 4) is 39.8 Å². The zero-order valence-corrected chi connectivity index (χ0v) is 37.2. The third kappa shape index (κ3) is 15.6. The van der Waals surface area contributed by atoms with Crippen LogP contribution in [0.4, 0.5) is 26.3 Å². The number of aliphatic carboxylic acids is 2. The van der Waals surface area contributed by atoms with Crippen molar-refractivity contribution < 1.29 is 60.4 Å². The predicted octanol–water partition coefficient (Wildman–Crippen LogP) is 13.8. The van der Waals surface area contributed by atoms with Crippen LogP contribution in [0, 0.1) is 0 Å². The Balaban J connectivity index is 0.000000251. The largest absolute Gasteiger partial charge is 0.493 e. The van der Waals surface area contributed by atoms with Gasteiger partial charge in [-0.3, -0.25) is 9.59 Å². The van der Waals surface area contributed by atoms with Crippen molar-refractivity contribution in [1.29, 1.82) is 0 Å². The van der Waals surface area contributed by atoms with Crippen molar-refractivity contribution in [1.82, 2.24) is 9.97 Å². The van der Waals surface area contributed by atoms with Crippen LogP contribution in [0.15, 0.2) is 127 Å². The minimum absolute atomic E-state index is 0.0694. The average molecular weight is 931 g/mol. The summed E-state index contributed by atoms with van der Waals surface area (Å²) in [6.07, 6.45) is -4.01. The van der Waals surface area contributed by atoms with Gasteiger partial charge >= 0.3 is 24.3 Å².